The monoisotopic (exact) mass is 331 g/mol. The number of aryl methyl sites for hydroxylation is 1. The van der Waals surface area contributed by atoms with E-state index in [9.17, 15) is 0 Å². The molecule has 0 saturated heterocycles. The van der Waals surface area contributed by atoms with Crippen molar-refractivity contribution in [3.05, 3.63) is 74.7 Å². The van der Waals surface area contributed by atoms with E-state index < -0.39 is 0 Å². The van der Waals surface area contributed by atoms with Gasteiger partial charge < -0.3 is 5.32 Å². The van der Waals surface area contributed by atoms with Crippen LogP contribution in [0, 0.1) is 6.92 Å². The first-order valence-corrected chi connectivity index (χ1v) is 8.40. The van der Waals surface area contributed by atoms with Crippen molar-refractivity contribution in [3.63, 3.8) is 0 Å². The van der Waals surface area contributed by atoms with Crippen LogP contribution < -0.4 is 5.32 Å². The van der Waals surface area contributed by atoms with E-state index in [-0.39, 0.29) is 6.04 Å². The summed E-state index contributed by atoms with van der Waals surface area (Å²) in [5.74, 6) is 0. The zero-order chi connectivity index (χ0) is 15.5. The van der Waals surface area contributed by atoms with Crippen LogP contribution in [-0.4, -0.2) is 9.78 Å². The highest BCUT2D eigenvalue weighted by Gasteiger charge is 2.15. The predicted molar refractivity (Wildman–Crippen MR) is 92.4 cm³/mol. The highest BCUT2D eigenvalue weighted by molar-refractivity contribution is 7.10. The highest BCUT2D eigenvalue weighted by Crippen LogP contribution is 2.27. The number of rotatable bonds is 5. The van der Waals surface area contributed by atoms with Gasteiger partial charge in [-0.1, -0.05) is 29.8 Å². The van der Waals surface area contributed by atoms with Crippen molar-refractivity contribution in [2.45, 2.75) is 19.5 Å². The maximum Gasteiger partial charge on any atom is 0.0673 e. The normalized spacial score (nSPS) is 12.5. The van der Waals surface area contributed by atoms with E-state index in [1.807, 2.05) is 30.1 Å². The van der Waals surface area contributed by atoms with Gasteiger partial charge in [-0.25, -0.2) is 0 Å². The lowest BCUT2D eigenvalue weighted by Crippen LogP contribution is -2.21. The van der Waals surface area contributed by atoms with Gasteiger partial charge in [-0.05, 0) is 36.1 Å². The first-order valence-electron chi connectivity index (χ1n) is 7.15. The van der Waals surface area contributed by atoms with E-state index in [0.29, 0.717) is 0 Å². The average molecular weight is 332 g/mol. The Labute approximate surface area is 139 Å². The molecule has 22 heavy (non-hydrogen) atoms. The maximum absolute atomic E-state index is 6.01. The van der Waals surface area contributed by atoms with Gasteiger partial charge in [0.05, 0.1) is 12.2 Å². The minimum Gasteiger partial charge on any atom is -0.301 e. The van der Waals surface area contributed by atoms with E-state index in [0.717, 1.165) is 11.6 Å². The maximum atomic E-state index is 6.01. The summed E-state index contributed by atoms with van der Waals surface area (Å²) in [5, 5.41) is 10.8. The van der Waals surface area contributed by atoms with Crippen molar-refractivity contribution < 1.29 is 0 Å². The Morgan fingerprint density at radius 1 is 1.27 bits per heavy atom. The van der Waals surface area contributed by atoms with Gasteiger partial charge in [-0.15, -0.1) is 11.3 Å². The van der Waals surface area contributed by atoms with Crippen LogP contribution in [0.25, 0.3) is 0 Å². The molecular formula is C17H18ClN3S. The molecule has 0 aliphatic heterocycles. The van der Waals surface area contributed by atoms with Crippen LogP contribution in [0.3, 0.4) is 0 Å². The molecule has 0 aliphatic rings. The Kier molecular flexibility index (Phi) is 4.62. The molecule has 5 heteroatoms. The third-order valence-corrected chi connectivity index (χ3v) is 5.05. The molecule has 0 bridgehead atoms. The van der Waals surface area contributed by atoms with Gasteiger partial charge in [-0.3, -0.25) is 4.68 Å². The molecule has 0 amide bonds. The van der Waals surface area contributed by atoms with Crippen molar-refractivity contribution in [3.8, 4) is 0 Å². The quantitative estimate of drug-likeness (QED) is 0.754. The van der Waals surface area contributed by atoms with Crippen LogP contribution in [0.1, 0.15) is 27.7 Å². The Morgan fingerprint density at radius 3 is 2.64 bits per heavy atom. The molecule has 2 aromatic heterocycles. The lowest BCUT2D eigenvalue weighted by molar-refractivity contribution is 0.610. The van der Waals surface area contributed by atoms with Crippen molar-refractivity contribution >= 4 is 22.9 Å². The fraction of sp³-hybridized carbons (Fsp3) is 0.235. The molecular weight excluding hydrogens is 314 g/mol. The molecule has 0 saturated carbocycles. The molecule has 0 aliphatic carbocycles. The van der Waals surface area contributed by atoms with Crippen LogP contribution in [0.4, 0.5) is 0 Å². The Bertz CT molecular complexity index is 732. The zero-order valence-corrected chi connectivity index (χ0v) is 14.2. The summed E-state index contributed by atoms with van der Waals surface area (Å²) in [6.07, 6.45) is 1.93. The Hall–Kier alpha value is -1.62. The van der Waals surface area contributed by atoms with Gasteiger partial charge in [0.1, 0.15) is 0 Å². The van der Waals surface area contributed by atoms with Crippen molar-refractivity contribution in [2.24, 2.45) is 7.05 Å². The second kappa shape index (κ2) is 6.65. The van der Waals surface area contributed by atoms with Gasteiger partial charge in [0.15, 0.2) is 0 Å². The molecule has 3 nitrogen and oxygen atoms in total. The summed E-state index contributed by atoms with van der Waals surface area (Å²) < 4.78 is 1.90. The number of aromatic nitrogens is 2. The number of thiophene rings is 1. The van der Waals surface area contributed by atoms with Crippen LogP contribution in [0.2, 0.25) is 5.02 Å². The molecule has 1 unspecified atom stereocenters. The Morgan fingerprint density at radius 2 is 2.05 bits per heavy atom. The van der Waals surface area contributed by atoms with Crippen LogP contribution in [-0.2, 0) is 13.6 Å². The van der Waals surface area contributed by atoms with Crippen LogP contribution >= 0.6 is 22.9 Å². The molecule has 1 N–H and O–H groups in total. The molecule has 1 aromatic carbocycles. The van der Waals surface area contributed by atoms with E-state index >= 15 is 0 Å². The molecule has 0 fully saturated rings. The summed E-state index contributed by atoms with van der Waals surface area (Å²) in [7, 11) is 1.97. The summed E-state index contributed by atoms with van der Waals surface area (Å²) in [4.78, 5) is 1.30. The van der Waals surface area contributed by atoms with Gasteiger partial charge in [0, 0.05) is 34.7 Å². The van der Waals surface area contributed by atoms with Crippen LogP contribution in [0.5, 0.6) is 0 Å². The van der Waals surface area contributed by atoms with E-state index in [1.165, 1.54) is 21.7 Å². The first-order chi connectivity index (χ1) is 10.6. The van der Waals surface area contributed by atoms with Gasteiger partial charge in [0.25, 0.3) is 0 Å². The minimum absolute atomic E-state index is 0.164. The number of hydrogen-bond acceptors (Lipinski definition) is 3. The highest BCUT2D eigenvalue weighted by atomic mass is 35.5. The third kappa shape index (κ3) is 3.24. The van der Waals surface area contributed by atoms with Gasteiger partial charge in [0.2, 0.25) is 0 Å². The lowest BCUT2D eigenvalue weighted by atomic mass is 10.0. The third-order valence-electron chi connectivity index (χ3n) is 3.86. The number of hydrogen-bond donors (Lipinski definition) is 1. The molecule has 1 atom stereocenters. The summed E-state index contributed by atoms with van der Waals surface area (Å²) in [6, 6.07) is 12.4. The fourth-order valence-corrected chi connectivity index (χ4v) is 3.38. The van der Waals surface area contributed by atoms with Gasteiger partial charge >= 0.3 is 0 Å². The summed E-state index contributed by atoms with van der Waals surface area (Å²) >= 11 is 7.77. The number of benzene rings is 1. The largest absolute Gasteiger partial charge is 0.301 e. The summed E-state index contributed by atoms with van der Waals surface area (Å²) in [5.41, 5.74) is 3.62. The first kappa shape index (κ1) is 15.3. The SMILES string of the molecule is Cc1c(CNC(c2ccc(Cl)cc2)c2cccs2)cnn1C. The molecule has 3 rings (SSSR count). The lowest BCUT2D eigenvalue weighted by Gasteiger charge is -2.18. The van der Waals surface area contributed by atoms with E-state index in [2.05, 4.69) is 47.0 Å². The van der Waals surface area contributed by atoms with Crippen molar-refractivity contribution in [2.75, 3.05) is 0 Å². The van der Waals surface area contributed by atoms with Crippen molar-refractivity contribution in [1.29, 1.82) is 0 Å². The van der Waals surface area contributed by atoms with E-state index in [4.69, 9.17) is 11.6 Å². The predicted octanol–water partition coefficient (Wildman–Crippen LogP) is 4.32. The van der Waals surface area contributed by atoms with Gasteiger partial charge in [-0.2, -0.15) is 5.10 Å². The topological polar surface area (TPSA) is 29.9 Å². The minimum atomic E-state index is 0.164. The smallest absolute Gasteiger partial charge is 0.0673 e. The molecule has 0 radical (unpaired) electrons. The number of nitrogens with zero attached hydrogens (tertiary/aromatic N) is 2. The zero-order valence-electron chi connectivity index (χ0n) is 12.6. The fourth-order valence-electron chi connectivity index (χ4n) is 2.42. The second-order valence-electron chi connectivity index (χ2n) is 5.26. The molecule has 2 heterocycles. The van der Waals surface area contributed by atoms with Crippen molar-refractivity contribution in [1.82, 2.24) is 15.1 Å². The average Bonchev–Trinajstić information content (AvgIpc) is 3.14. The summed E-state index contributed by atoms with van der Waals surface area (Å²) in [6.45, 7) is 2.87. The number of nitrogens with one attached hydrogen (secondary N) is 1. The van der Waals surface area contributed by atoms with E-state index in [1.54, 1.807) is 11.3 Å². The molecule has 3 aromatic rings. The molecule has 0 spiro atoms. The van der Waals surface area contributed by atoms with Crippen LogP contribution in [0.15, 0.2) is 48.0 Å². The standard InChI is InChI=1S/C17H18ClN3S/c1-12-14(11-20-21(12)2)10-19-17(16-4-3-9-22-16)13-5-7-15(18)8-6-13/h3-9,11,17,19H,10H2,1-2H3. The second-order valence-corrected chi connectivity index (χ2v) is 6.68. The Balaban J connectivity index is 1.83. The number of halogens is 1. The molecule has 114 valence electrons.